The Morgan fingerprint density at radius 2 is 1.93 bits per heavy atom. The molecule has 2 aliphatic rings. The largest absolute Gasteiger partial charge is 0.511 e. The summed E-state index contributed by atoms with van der Waals surface area (Å²) >= 11 is 0. The lowest BCUT2D eigenvalue weighted by Crippen LogP contribution is -2.63. The van der Waals surface area contributed by atoms with Gasteiger partial charge >= 0.3 is 8.03 Å². The van der Waals surface area contributed by atoms with E-state index in [0.717, 1.165) is 6.42 Å². The molecule has 2 fully saturated rings. The summed E-state index contributed by atoms with van der Waals surface area (Å²) in [5, 5.41) is 20.2. The summed E-state index contributed by atoms with van der Waals surface area (Å²) < 4.78 is 35.1. The Bertz CT molecular complexity index is 532. The van der Waals surface area contributed by atoms with Crippen LogP contribution in [0.3, 0.4) is 0 Å². The topological polar surface area (TPSA) is 120 Å². The van der Waals surface area contributed by atoms with Gasteiger partial charge in [-0.15, -0.1) is 4.52 Å². The fraction of sp³-hybridized carbons (Fsp3) is 1.00. The molecule has 8 atom stereocenters. The van der Waals surface area contributed by atoms with Crippen molar-refractivity contribution >= 4 is 8.03 Å². The third-order valence-corrected chi connectivity index (χ3v) is 6.78. The average molecular weight is 408 g/mol. The van der Waals surface area contributed by atoms with Crippen molar-refractivity contribution in [3.05, 3.63) is 0 Å². The molecule has 0 aromatic heterocycles. The molecule has 27 heavy (non-hydrogen) atoms. The minimum atomic E-state index is -2.01. The van der Waals surface area contributed by atoms with Gasteiger partial charge in [0.1, 0.15) is 12.2 Å². The van der Waals surface area contributed by atoms with E-state index in [1.807, 2.05) is 13.8 Å². The number of nitrogens with two attached hydrogens (primary N) is 1. The Kier molecular flexibility index (Phi) is 7.42. The highest BCUT2D eigenvalue weighted by molar-refractivity contribution is 7.39. The molecule has 8 nitrogen and oxygen atoms in total. The highest BCUT2D eigenvalue weighted by Crippen LogP contribution is 2.59. The van der Waals surface area contributed by atoms with E-state index in [9.17, 15) is 14.8 Å². The summed E-state index contributed by atoms with van der Waals surface area (Å²) in [6.45, 7) is 11.6. The summed E-state index contributed by atoms with van der Waals surface area (Å²) in [7, 11) is -2.01. The van der Waals surface area contributed by atoms with E-state index in [-0.39, 0.29) is 22.8 Å². The molecule has 0 aromatic rings. The Labute approximate surface area is 162 Å². The number of hydrogen-bond donors (Lipinski definition) is 3. The van der Waals surface area contributed by atoms with Crippen LogP contribution in [0.1, 0.15) is 48.0 Å². The van der Waals surface area contributed by atoms with Crippen LogP contribution in [-0.4, -0.2) is 71.4 Å². The second-order valence-electron chi connectivity index (χ2n) is 8.69. The van der Waals surface area contributed by atoms with Crippen molar-refractivity contribution in [2.45, 2.75) is 96.0 Å². The van der Waals surface area contributed by atoms with Gasteiger partial charge in [-0.3, -0.25) is 0 Å². The molecule has 1 saturated carbocycles. The van der Waals surface area contributed by atoms with Crippen LogP contribution in [0.5, 0.6) is 0 Å². The SMILES string of the molecule is CC(C)OC1(C)CC1(C)COC1OC(CO)C(O[P+](=O)C(C)C)C(O)C1N. The maximum absolute atomic E-state index is 12.0. The number of aliphatic hydroxyl groups excluding tert-OH is 2. The van der Waals surface area contributed by atoms with Gasteiger partial charge in [0.2, 0.25) is 0 Å². The van der Waals surface area contributed by atoms with Crippen LogP contribution in [0.4, 0.5) is 0 Å². The summed E-state index contributed by atoms with van der Waals surface area (Å²) in [6, 6.07) is -0.881. The third-order valence-electron chi connectivity index (χ3n) is 5.49. The van der Waals surface area contributed by atoms with Crippen LogP contribution in [0.2, 0.25) is 0 Å². The number of ether oxygens (including phenoxy) is 3. The minimum absolute atomic E-state index is 0.117. The fourth-order valence-corrected chi connectivity index (χ4v) is 4.23. The van der Waals surface area contributed by atoms with Crippen LogP contribution in [0, 0.1) is 5.41 Å². The summed E-state index contributed by atoms with van der Waals surface area (Å²) in [5.41, 5.74) is 5.43. The average Bonchev–Trinajstić information content (AvgIpc) is 3.10. The van der Waals surface area contributed by atoms with Crippen LogP contribution in [0.25, 0.3) is 0 Å². The molecule has 8 unspecified atom stereocenters. The standard InChI is InChI=1S/C18H35NO7P/c1-10(2)25-18(6)8-17(18,5)9-23-16-13(19)14(21)15(12(7-20)24-16)26-27(22)11(3)4/h10-16,20-21H,7-9,19H2,1-6H3/q+1. The van der Waals surface area contributed by atoms with Crippen molar-refractivity contribution in [1.82, 2.24) is 0 Å². The monoisotopic (exact) mass is 408 g/mol. The van der Waals surface area contributed by atoms with E-state index in [2.05, 4.69) is 13.8 Å². The predicted molar refractivity (Wildman–Crippen MR) is 101 cm³/mol. The van der Waals surface area contributed by atoms with Gasteiger partial charge in [0.25, 0.3) is 0 Å². The lowest BCUT2D eigenvalue weighted by atomic mass is 9.97. The molecule has 1 heterocycles. The maximum atomic E-state index is 12.0. The Morgan fingerprint density at radius 3 is 2.44 bits per heavy atom. The minimum Gasteiger partial charge on any atom is -0.394 e. The highest BCUT2D eigenvalue weighted by Gasteiger charge is 2.63. The Balaban J connectivity index is 1.97. The van der Waals surface area contributed by atoms with Gasteiger partial charge in [0.05, 0.1) is 31.0 Å². The third kappa shape index (κ3) is 5.06. The van der Waals surface area contributed by atoms with Gasteiger partial charge in [-0.2, -0.15) is 0 Å². The van der Waals surface area contributed by atoms with Crippen molar-refractivity contribution in [2.75, 3.05) is 13.2 Å². The first-order valence-corrected chi connectivity index (χ1v) is 10.8. The predicted octanol–water partition coefficient (Wildman–Crippen LogP) is 1.54. The Hall–Kier alpha value is -0.180. The smallest absolute Gasteiger partial charge is 0.394 e. The molecule has 0 amide bonds. The molecule has 1 aliphatic carbocycles. The molecule has 4 N–H and O–H groups in total. The van der Waals surface area contributed by atoms with Crippen molar-refractivity contribution in [3.8, 4) is 0 Å². The molecular weight excluding hydrogens is 373 g/mol. The summed E-state index contributed by atoms with van der Waals surface area (Å²) in [5.74, 6) is 0. The van der Waals surface area contributed by atoms with Crippen molar-refractivity contribution in [1.29, 1.82) is 0 Å². The number of rotatable bonds is 9. The zero-order chi connectivity index (χ0) is 20.6. The van der Waals surface area contributed by atoms with Gasteiger partial charge in [-0.1, -0.05) is 6.92 Å². The van der Waals surface area contributed by atoms with Crippen LogP contribution in [-0.2, 0) is 23.3 Å². The molecule has 0 bridgehead atoms. The molecule has 0 spiro atoms. The second-order valence-corrected chi connectivity index (χ2v) is 10.5. The van der Waals surface area contributed by atoms with Gasteiger partial charge in [0.15, 0.2) is 18.1 Å². The quantitative estimate of drug-likeness (QED) is 0.492. The van der Waals surface area contributed by atoms with E-state index in [1.54, 1.807) is 13.8 Å². The molecule has 2 rings (SSSR count). The first-order valence-electron chi connectivity index (χ1n) is 9.56. The molecule has 0 radical (unpaired) electrons. The first-order chi connectivity index (χ1) is 12.4. The van der Waals surface area contributed by atoms with Gasteiger partial charge in [0, 0.05) is 5.41 Å². The fourth-order valence-electron chi connectivity index (χ4n) is 3.48. The first kappa shape index (κ1) is 23.1. The second kappa shape index (κ2) is 8.67. The molecule has 158 valence electrons. The van der Waals surface area contributed by atoms with Crippen molar-refractivity contribution < 1.29 is 33.5 Å². The van der Waals surface area contributed by atoms with Crippen LogP contribution in [0.15, 0.2) is 0 Å². The molecular formula is C18H35NO7P+. The zero-order valence-electron chi connectivity index (χ0n) is 17.1. The van der Waals surface area contributed by atoms with Gasteiger partial charge in [-0.25, -0.2) is 0 Å². The van der Waals surface area contributed by atoms with E-state index in [4.69, 9.17) is 24.5 Å². The van der Waals surface area contributed by atoms with E-state index >= 15 is 0 Å². The normalized spacial score (nSPS) is 42.6. The molecule has 0 aromatic carbocycles. The van der Waals surface area contributed by atoms with E-state index < -0.39 is 45.3 Å². The molecule has 9 heteroatoms. The van der Waals surface area contributed by atoms with Crippen LogP contribution < -0.4 is 5.73 Å². The van der Waals surface area contributed by atoms with E-state index in [0.29, 0.717) is 6.61 Å². The number of hydrogen-bond acceptors (Lipinski definition) is 8. The summed E-state index contributed by atoms with van der Waals surface area (Å²) in [6.07, 6.45) is -2.92. The van der Waals surface area contributed by atoms with Gasteiger partial charge < -0.3 is 30.2 Å². The van der Waals surface area contributed by atoms with Gasteiger partial charge in [-0.05, 0) is 45.6 Å². The molecule has 1 aliphatic heterocycles. The lowest BCUT2D eigenvalue weighted by Gasteiger charge is -2.40. The summed E-state index contributed by atoms with van der Waals surface area (Å²) in [4.78, 5) is 0. The van der Waals surface area contributed by atoms with E-state index in [1.165, 1.54) is 0 Å². The van der Waals surface area contributed by atoms with Crippen LogP contribution >= 0.6 is 8.03 Å². The Morgan fingerprint density at radius 1 is 1.30 bits per heavy atom. The van der Waals surface area contributed by atoms with Crippen molar-refractivity contribution in [3.63, 3.8) is 0 Å². The maximum Gasteiger partial charge on any atom is 0.511 e. The van der Waals surface area contributed by atoms with Crippen molar-refractivity contribution in [2.24, 2.45) is 11.1 Å². The lowest BCUT2D eigenvalue weighted by molar-refractivity contribution is -0.265. The molecule has 1 saturated heterocycles. The number of aliphatic hydroxyl groups is 2. The zero-order valence-corrected chi connectivity index (χ0v) is 18.0. The highest BCUT2D eigenvalue weighted by atomic mass is 31.1.